The number of hydrogen-bond acceptors (Lipinski definition) is 4. The minimum absolute atomic E-state index is 0.0287. The highest BCUT2D eigenvalue weighted by molar-refractivity contribution is 7.90. The topological polar surface area (TPSA) is 71.4 Å². The van der Waals surface area contributed by atoms with Gasteiger partial charge in [0.2, 0.25) is 0 Å². The molecule has 0 aromatic carbocycles. The molecule has 1 N–H and O–H groups in total. The monoisotopic (exact) mass is 302 g/mol. The lowest BCUT2D eigenvalue weighted by Gasteiger charge is -2.09. The van der Waals surface area contributed by atoms with E-state index in [-0.39, 0.29) is 16.4 Å². The van der Waals surface area contributed by atoms with Crippen LogP contribution in [0.2, 0.25) is 0 Å². The molecule has 0 unspecified atom stereocenters. The van der Waals surface area contributed by atoms with Crippen LogP contribution in [0.15, 0.2) is 6.07 Å². The Morgan fingerprint density at radius 1 is 1.42 bits per heavy atom. The summed E-state index contributed by atoms with van der Waals surface area (Å²) < 4.78 is 24.3. The summed E-state index contributed by atoms with van der Waals surface area (Å²) in [7, 11) is -3.14. The van der Waals surface area contributed by atoms with E-state index >= 15 is 0 Å². The van der Waals surface area contributed by atoms with Crippen molar-refractivity contribution in [2.45, 2.75) is 38.4 Å². The number of hydrogen-bond donors (Lipinski definition) is 1. The maximum Gasteiger partial charge on any atom is 0.345 e. The van der Waals surface area contributed by atoms with E-state index in [1.165, 1.54) is 6.07 Å². The molecule has 1 aliphatic carbocycles. The number of carboxylic acids is 1. The Kier molecular flexibility index (Phi) is 4.30. The van der Waals surface area contributed by atoms with E-state index in [0.29, 0.717) is 11.5 Å². The van der Waals surface area contributed by atoms with Crippen molar-refractivity contribution in [2.24, 2.45) is 5.92 Å². The van der Waals surface area contributed by atoms with Crippen LogP contribution in [0.3, 0.4) is 0 Å². The summed E-state index contributed by atoms with van der Waals surface area (Å²) in [4.78, 5) is 11.9. The Morgan fingerprint density at radius 2 is 2.05 bits per heavy atom. The first-order valence-corrected chi connectivity index (χ1v) is 9.04. The highest BCUT2D eigenvalue weighted by Crippen LogP contribution is 2.28. The van der Waals surface area contributed by atoms with Crippen molar-refractivity contribution < 1.29 is 18.3 Å². The first kappa shape index (κ1) is 14.5. The predicted octanol–water partition coefficient (Wildman–Crippen LogP) is 2.86. The fraction of sp³-hybridized carbons (Fsp3) is 0.615. The molecule has 2 rings (SSSR count). The first-order chi connectivity index (χ1) is 8.87. The lowest BCUT2D eigenvalue weighted by atomic mass is 10.1. The maximum atomic E-state index is 12.1. The van der Waals surface area contributed by atoms with Crippen molar-refractivity contribution in [2.75, 3.05) is 5.75 Å². The summed E-state index contributed by atoms with van der Waals surface area (Å²) >= 11 is 1.14. The van der Waals surface area contributed by atoms with E-state index in [2.05, 4.69) is 0 Å². The minimum atomic E-state index is -3.14. The van der Waals surface area contributed by atoms with Crippen molar-refractivity contribution in [3.05, 3.63) is 21.4 Å². The Labute approximate surface area is 117 Å². The van der Waals surface area contributed by atoms with E-state index in [0.717, 1.165) is 41.9 Å². The predicted molar refractivity (Wildman–Crippen MR) is 75.5 cm³/mol. The number of carboxylic acid groups (broad SMARTS) is 1. The van der Waals surface area contributed by atoms with Crippen LogP contribution >= 0.6 is 11.3 Å². The molecule has 1 heterocycles. The molecule has 0 spiro atoms. The summed E-state index contributed by atoms with van der Waals surface area (Å²) in [5.41, 5.74) is 0.639. The molecule has 106 valence electrons. The van der Waals surface area contributed by atoms with Crippen LogP contribution in [0.25, 0.3) is 0 Å². The number of aromatic carboxylic acids is 1. The van der Waals surface area contributed by atoms with Crippen LogP contribution in [0.5, 0.6) is 0 Å². The van der Waals surface area contributed by atoms with Crippen LogP contribution in [0.4, 0.5) is 0 Å². The molecule has 6 heteroatoms. The summed E-state index contributed by atoms with van der Waals surface area (Å²) in [6.45, 7) is 1.78. The van der Waals surface area contributed by atoms with Crippen LogP contribution < -0.4 is 0 Å². The largest absolute Gasteiger partial charge is 0.477 e. The Hall–Kier alpha value is -0.880. The molecule has 1 saturated carbocycles. The molecule has 1 aliphatic rings. The Bertz CT molecular complexity index is 565. The molecule has 0 radical (unpaired) electrons. The SMILES string of the molecule is Cc1sc(C(=O)O)cc1CS(=O)(=O)CC1CCCC1. The van der Waals surface area contributed by atoms with Crippen molar-refractivity contribution in [1.29, 1.82) is 0 Å². The number of carbonyl (C=O) groups is 1. The molecule has 1 aromatic heterocycles. The molecule has 0 bridgehead atoms. The molecule has 0 atom stereocenters. The number of thiophene rings is 1. The third-order valence-corrected chi connectivity index (χ3v) is 6.38. The summed E-state index contributed by atoms with van der Waals surface area (Å²) in [6, 6.07) is 1.49. The lowest BCUT2D eigenvalue weighted by molar-refractivity contribution is 0.0702. The van der Waals surface area contributed by atoms with Gasteiger partial charge in [-0.15, -0.1) is 11.3 Å². The van der Waals surface area contributed by atoms with Gasteiger partial charge in [0, 0.05) is 4.88 Å². The molecule has 19 heavy (non-hydrogen) atoms. The van der Waals surface area contributed by atoms with Crippen LogP contribution in [0.1, 0.15) is 45.8 Å². The van der Waals surface area contributed by atoms with E-state index in [9.17, 15) is 13.2 Å². The molecule has 1 aromatic rings. The number of rotatable bonds is 5. The van der Waals surface area contributed by atoms with E-state index in [1.807, 2.05) is 0 Å². The molecular weight excluding hydrogens is 284 g/mol. The van der Waals surface area contributed by atoms with Crippen molar-refractivity contribution in [3.8, 4) is 0 Å². The van der Waals surface area contributed by atoms with Gasteiger partial charge in [0.1, 0.15) is 4.88 Å². The molecule has 0 saturated heterocycles. The number of aryl methyl sites for hydroxylation is 1. The van der Waals surface area contributed by atoms with Crippen LogP contribution in [-0.4, -0.2) is 25.2 Å². The Balaban J connectivity index is 2.08. The summed E-state index contributed by atoms with van der Waals surface area (Å²) in [5, 5.41) is 8.91. The van der Waals surface area contributed by atoms with Gasteiger partial charge >= 0.3 is 5.97 Å². The average molecular weight is 302 g/mol. The van der Waals surface area contributed by atoms with Gasteiger partial charge in [0.15, 0.2) is 9.84 Å². The maximum absolute atomic E-state index is 12.1. The van der Waals surface area contributed by atoms with Gasteiger partial charge in [0.25, 0.3) is 0 Å². The van der Waals surface area contributed by atoms with Gasteiger partial charge in [-0.05, 0) is 37.3 Å². The van der Waals surface area contributed by atoms with Gasteiger partial charge in [-0.3, -0.25) is 0 Å². The van der Waals surface area contributed by atoms with Crippen molar-refractivity contribution in [1.82, 2.24) is 0 Å². The fourth-order valence-electron chi connectivity index (χ4n) is 2.60. The standard InChI is InChI=1S/C13H18O4S2/c1-9-11(6-12(18-9)13(14)15)8-19(16,17)7-10-4-2-3-5-10/h6,10H,2-5,7-8H2,1H3,(H,14,15). The first-order valence-electron chi connectivity index (χ1n) is 6.40. The highest BCUT2D eigenvalue weighted by atomic mass is 32.2. The smallest absolute Gasteiger partial charge is 0.345 e. The van der Waals surface area contributed by atoms with Crippen molar-refractivity contribution in [3.63, 3.8) is 0 Å². The molecule has 1 fully saturated rings. The molecule has 0 aliphatic heterocycles. The van der Waals surface area contributed by atoms with E-state index in [1.54, 1.807) is 6.92 Å². The second kappa shape index (κ2) is 5.63. The summed E-state index contributed by atoms with van der Waals surface area (Å²) in [5.74, 6) is -0.487. The molecule has 0 amide bonds. The Morgan fingerprint density at radius 3 is 2.58 bits per heavy atom. The second-order valence-corrected chi connectivity index (χ2v) is 8.57. The average Bonchev–Trinajstić information content (AvgIpc) is 2.88. The quantitative estimate of drug-likeness (QED) is 0.908. The van der Waals surface area contributed by atoms with Crippen LogP contribution in [0, 0.1) is 12.8 Å². The van der Waals surface area contributed by atoms with Gasteiger partial charge < -0.3 is 5.11 Å². The molecular formula is C13H18O4S2. The normalized spacial score (nSPS) is 16.9. The van der Waals surface area contributed by atoms with Gasteiger partial charge in [0.05, 0.1) is 11.5 Å². The van der Waals surface area contributed by atoms with E-state index in [4.69, 9.17) is 5.11 Å². The van der Waals surface area contributed by atoms with Crippen LogP contribution in [-0.2, 0) is 15.6 Å². The van der Waals surface area contributed by atoms with Gasteiger partial charge in [-0.25, -0.2) is 13.2 Å². The summed E-state index contributed by atoms with van der Waals surface area (Å²) in [6.07, 6.45) is 4.26. The molecule has 4 nitrogen and oxygen atoms in total. The lowest BCUT2D eigenvalue weighted by Crippen LogP contribution is -2.15. The third-order valence-electron chi connectivity index (χ3n) is 3.57. The van der Waals surface area contributed by atoms with Crippen molar-refractivity contribution >= 4 is 27.1 Å². The van der Waals surface area contributed by atoms with Gasteiger partial charge in [-0.1, -0.05) is 12.8 Å². The zero-order valence-electron chi connectivity index (χ0n) is 10.9. The third kappa shape index (κ3) is 3.79. The van der Waals surface area contributed by atoms with E-state index < -0.39 is 15.8 Å². The minimum Gasteiger partial charge on any atom is -0.477 e. The number of sulfone groups is 1. The zero-order valence-corrected chi connectivity index (χ0v) is 12.5. The fourth-order valence-corrected chi connectivity index (χ4v) is 5.52. The highest BCUT2D eigenvalue weighted by Gasteiger charge is 2.24. The zero-order chi connectivity index (χ0) is 14.0. The van der Waals surface area contributed by atoms with Gasteiger partial charge in [-0.2, -0.15) is 0 Å². The second-order valence-electron chi connectivity index (χ2n) is 5.20.